The van der Waals surface area contributed by atoms with Crippen molar-refractivity contribution >= 4 is 6.47 Å². The van der Waals surface area contributed by atoms with Crippen molar-refractivity contribution in [1.29, 1.82) is 0 Å². The van der Waals surface area contributed by atoms with Crippen LogP contribution in [-0.4, -0.2) is 36.9 Å². The Morgan fingerprint density at radius 1 is 1.27 bits per heavy atom. The summed E-state index contributed by atoms with van der Waals surface area (Å²) >= 11 is 0. The minimum Gasteiger partial charge on any atom is -0.462 e. The fourth-order valence-corrected chi connectivity index (χ4v) is 2.39. The summed E-state index contributed by atoms with van der Waals surface area (Å²) in [4.78, 5) is 9.60. The average molecular weight is 311 g/mol. The lowest BCUT2D eigenvalue weighted by atomic mass is 9.74. The van der Waals surface area contributed by atoms with Gasteiger partial charge in [0.15, 0.2) is 0 Å². The molecule has 1 saturated heterocycles. The molecule has 0 aromatic heterocycles. The zero-order valence-corrected chi connectivity index (χ0v) is 13.6. The molecule has 124 valence electrons. The first-order valence-corrected chi connectivity index (χ1v) is 7.52. The summed E-state index contributed by atoms with van der Waals surface area (Å²) in [7, 11) is 0. The van der Waals surface area contributed by atoms with E-state index in [9.17, 15) is 14.3 Å². The lowest BCUT2D eigenvalue weighted by Crippen LogP contribution is -2.42. The summed E-state index contributed by atoms with van der Waals surface area (Å²) in [5.74, 6) is -0.222. The fourth-order valence-electron chi connectivity index (χ4n) is 2.39. The number of ether oxygens (including phenoxy) is 1. The van der Waals surface area contributed by atoms with E-state index in [4.69, 9.17) is 0 Å². The number of carbonyl (C=O) groups excluding carboxylic acids is 1. The molecule has 0 amide bonds. The van der Waals surface area contributed by atoms with Crippen LogP contribution in [0.3, 0.4) is 0 Å². The van der Waals surface area contributed by atoms with E-state index in [1.54, 1.807) is 12.1 Å². The monoisotopic (exact) mass is 311 g/mol. The van der Waals surface area contributed by atoms with Crippen LogP contribution >= 0.6 is 0 Å². The van der Waals surface area contributed by atoms with Gasteiger partial charge in [0, 0.05) is 5.41 Å². The molecule has 1 aromatic rings. The third-order valence-electron chi connectivity index (χ3n) is 3.72. The number of halogens is 1. The van der Waals surface area contributed by atoms with Crippen molar-refractivity contribution in [3.8, 4) is 0 Å². The zero-order chi connectivity index (χ0) is 16.6. The highest BCUT2D eigenvalue weighted by Gasteiger charge is 2.32. The van der Waals surface area contributed by atoms with Gasteiger partial charge < -0.3 is 15.2 Å². The second-order valence-electron chi connectivity index (χ2n) is 6.52. The van der Waals surface area contributed by atoms with E-state index >= 15 is 0 Å². The van der Waals surface area contributed by atoms with Crippen LogP contribution in [0.25, 0.3) is 0 Å². The topological polar surface area (TPSA) is 58.6 Å². The second-order valence-corrected chi connectivity index (χ2v) is 6.52. The smallest absolute Gasteiger partial charge is 0.293 e. The first-order chi connectivity index (χ1) is 10.3. The van der Waals surface area contributed by atoms with Gasteiger partial charge in [-0.05, 0) is 64.4 Å². The van der Waals surface area contributed by atoms with E-state index in [1.807, 2.05) is 20.8 Å². The Hall–Kier alpha value is -1.46. The highest BCUT2D eigenvalue weighted by atomic mass is 19.1. The van der Waals surface area contributed by atoms with Crippen LogP contribution in [0.1, 0.15) is 39.2 Å². The molecule has 0 radical (unpaired) electrons. The van der Waals surface area contributed by atoms with Crippen LogP contribution in [0.4, 0.5) is 4.39 Å². The molecule has 0 bridgehead atoms. The Balaban J connectivity index is 0.000000295. The summed E-state index contributed by atoms with van der Waals surface area (Å²) in [6.07, 6.45) is 1.82. The fraction of sp³-hybridized carbons (Fsp3) is 0.588. The molecule has 0 spiro atoms. The predicted octanol–water partition coefficient (Wildman–Crippen LogP) is 2.40. The standard InChI is InChI=1S/C12H16FNO.C5H10O2/c13-11-3-1-10(2-4-11)12(9-15)5-7-14-8-6-12;1-5(2,3)7-4-6/h1-4,14-15H,5-9H2;4H,1-3H3. The van der Waals surface area contributed by atoms with Gasteiger partial charge >= 0.3 is 0 Å². The largest absolute Gasteiger partial charge is 0.462 e. The Morgan fingerprint density at radius 2 is 1.82 bits per heavy atom. The summed E-state index contributed by atoms with van der Waals surface area (Å²) in [5, 5.41) is 12.8. The van der Waals surface area contributed by atoms with Crippen molar-refractivity contribution < 1.29 is 19.0 Å². The molecule has 1 aromatic carbocycles. The van der Waals surface area contributed by atoms with Crippen molar-refractivity contribution in [2.24, 2.45) is 0 Å². The Morgan fingerprint density at radius 3 is 2.18 bits per heavy atom. The van der Waals surface area contributed by atoms with Crippen LogP contribution in [-0.2, 0) is 14.9 Å². The van der Waals surface area contributed by atoms with Crippen LogP contribution in [0.2, 0.25) is 0 Å². The molecule has 1 heterocycles. The number of benzene rings is 1. The van der Waals surface area contributed by atoms with Crippen molar-refractivity contribution in [1.82, 2.24) is 5.32 Å². The first-order valence-electron chi connectivity index (χ1n) is 7.52. The van der Waals surface area contributed by atoms with Crippen LogP contribution < -0.4 is 5.32 Å². The number of nitrogens with one attached hydrogen (secondary N) is 1. The molecule has 2 rings (SSSR count). The van der Waals surface area contributed by atoms with Crippen LogP contribution in [0.5, 0.6) is 0 Å². The molecule has 1 aliphatic heterocycles. The minimum absolute atomic E-state index is 0.139. The van der Waals surface area contributed by atoms with Gasteiger partial charge in [0.2, 0.25) is 0 Å². The van der Waals surface area contributed by atoms with E-state index in [2.05, 4.69) is 10.1 Å². The number of piperidine rings is 1. The Bertz CT molecular complexity index is 448. The zero-order valence-electron chi connectivity index (χ0n) is 13.6. The number of carbonyl (C=O) groups is 1. The predicted molar refractivity (Wildman–Crippen MR) is 84.2 cm³/mol. The maximum Gasteiger partial charge on any atom is 0.293 e. The lowest BCUT2D eigenvalue weighted by molar-refractivity contribution is -0.138. The van der Waals surface area contributed by atoms with E-state index < -0.39 is 0 Å². The van der Waals surface area contributed by atoms with Gasteiger partial charge in [-0.1, -0.05) is 12.1 Å². The highest BCUT2D eigenvalue weighted by molar-refractivity contribution is 5.37. The third kappa shape index (κ3) is 5.73. The normalized spacial score (nSPS) is 17.1. The van der Waals surface area contributed by atoms with Crippen LogP contribution in [0, 0.1) is 5.82 Å². The van der Waals surface area contributed by atoms with Gasteiger partial charge in [-0.3, -0.25) is 4.79 Å². The van der Waals surface area contributed by atoms with Crippen molar-refractivity contribution in [3.05, 3.63) is 35.6 Å². The molecule has 0 aliphatic carbocycles. The molecule has 1 aliphatic rings. The van der Waals surface area contributed by atoms with Gasteiger partial charge in [0.1, 0.15) is 11.4 Å². The Kier molecular flexibility index (Phi) is 6.97. The number of hydrogen-bond acceptors (Lipinski definition) is 4. The van der Waals surface area contributed by atoms with Gasteiger partial charge in [-0.15, -0.1) is 0 Å². The van der Waals surface area contributed by atoms with Crippen molar-refractivity contribution in [2.75, 3.05) is 19.7 Å². The third-order valence-corrected chi connectivity index (χ3v) is 3.72. The molecule has 4 nitrogen and oxygen atoms in total. The quantitative estimate of drug-likeness (QED) is 0.842. The maximum absolute atomic E-state index is 12.8. The maximum atomic E-state index is 12.8. The van der Waals surface area contributed by atoms with E-state index in [-0.39, 0.29) is 23.4 Å². The minimum atomic E-state index is -0.318. The molecule has 22 heavy (non-hydrogen) atoms. The van der Waals surface area contributed by atoms with Gasteiger partial charge in [0.25, 0.3) is 6.47 Å². The van der Waals surface area contributed by atoms with Crippen LogP contribution in [0.15, 0.2) is 24.3 Å². The van der Waals surface area contributed by atoms with Crippen molar-refractivity contribution in [2.45, 2.75) is 44.6 Å². The molecule has 0 saturated carbocycles. The summed E-state index contributed by atoms with van der Waals surface area (Å²) in [5.41, 5.74) is 0.564. The van der Waals surface area contributed by atoms with E-state index in [1.165, 1.54) is 12.1 Å². The van der Waals surface area contributed by atoms with E-state index in [0.29, 0.717) is 6.47 Å². The number of aliphatic hydroxyl groups excluding tert-OH is 1. The van der Waals surface area contributed by atoms with Crippen molar-refractivity contribution in [3.63, 3.8) is 0 Å². The molecule has 0 unspecified atom stereocenters. The highest BCUT2D eigenvalue weighted by Crippen LogP contribution is 2.32. The summed E-state index contributed by atoms with van der Waals surface area (Å²) in [6, 6.07) is 6.51. The molecule has 2 N–H and O–H groups in total. The molecular formula is C17H26FNO3. The van der Waals surface area contributed by atoms with Gasteiger partial charge in [0.05, 0.1) is 6.61 Å². The van der Waals surface area contributed by atoms with E-state index in [0.717, 1.165) is 31.5 Å². The average Bonchev–Trinajstić information content (AvgIpc) is 2.48. The second kappa shape index (κ2) is 8.25. The molecular weight excluding hydrogens is 285 g/mol. The van der Waals surface area contributed by atoms with Gasteiger partial charge in [-0.25, -0.2) is 4.39 Å². The Labute approximate surface area is 131 Å². The lowest BCUT2D eigenvalue weighted by Gasteiger charge is -2.36. The SMILES string of the molecule is CC(C)(C)OC=O.OCC1(c2ccc(F)cc2)CCNCC1. The number of rotatable bonds is 3. The molecule has 1 fully saturated rings. The summed E-state index contributed by atoms with van der Waals surface area (Å²) < 4.78 is 17.4. The first kappa shape index (κ1) is 18.6. The summed E-state index contributed by atoms with van der Waals surface area (Å²) in [6.45, 7) is 7.89. The number of aliphatic hydroxyl groups is 1. The number of hydrogen-bond donors (Lipinski definition) is 2. The molecule has 0 atom stereocenters. The van der Waals surface area contributed by atoms with Gasteiger partial charge in [-0.2, -0.15) is 0 Å². The molecule has 5 heteroatoms.